The van der Waals surface area contributed by atoms with Gasteiger partial charge in [-0.3, -0.25) is 4.79 Å². The lowest BCUT2D eigenvalue weighted by Gasteiger charge is -2.13. The van der Waals surface area contributed by atoms with Crippen LogP contribution in [0.15, 0.2) is 0 Å². The maximum Gasteiger partial charge on any atom is 0.308 e. The zero-order chi connectivity index (χ0) is 30.8. The Bertz CT molecular complexity index is 543. The van der Waals surface area contributed by atoms with Crippen molar-refractivity contribution in [2.24, 2.45) is 5.92 Å². The minimum atomic E-state index is -0.117. The van der Waals surface area contributed by atoms with Gasteiger partial charge in [-0.05, 0) is 26.9 Å². The average Bonchev–Trinajstić information content (AvgIpc) is 2.98. The minimum Gasteiger partial charge on any atom is -0.463 e. The fraction of sp³-hybridized carbons (Fsp3) is 0.967. The molecule has 0 amide bonds. The van der Waals surface area contributed by atoms with Gasteiger partial charge in [-0.15, -0.1) is 0 Å². The van der Waals surface area contributed by atoms with Crippen LogP contribution in [0, 0.1) is 5.92 Å². The molecule has 0 bridgehead atoms. The standard InChI is InChI=1S/C30H61NO11/c1-5-7-8-29(6-2)30(32)42-28-27-41-26-25-40-24-23-39-22-21-38-20-19-37-18-17-36-16-15-35-14-13-34-12-11-33-10-9-31(3)4/h29H,5-28H2,1-4H3. The highest BCUT2D eigenvalue weighted by Crippen LogP contribution is 2.14. The molecule has 0 saturated heterocycles. The van der Waals surface area contributed by atoms with Gasteiger partial charge in [0, 0.05) is 6.54 Å². The predicted octanol–water partition coefficient (Wildman–Crippen LogP) is 2.46. The number of ether oxygens (including phenoxy) is 10. The molecule has 0 saturated carbocycles. The summed E-state index contributed by atoms with van der Waals surface area (Å²) < 4.78 is 54.4. The summed E-state index contributed by atoms with van der Waals surface area (Å²) in [7, 11) is 4.04. The van der Waals surface area contributed by atoms with Gasteiger partial charge in [0.15, 0.2) is 0 Å². The van der Waals surface area contributed by atoms with Crippen molar-refractivity contribution in [2.45, 2.75) is 39.5 Å². The first-order valence-corrected chi connectivity index (χ1v) is 15.6. The molecule has 0 rings (SSSR count). The fourth-order valence-corrected chi connectivity index (χ4v) is 3.37. The Labute approximate surface area is 254 Å². The van der Waals surface area contributed by atoms with Crippen LogP contribution in [-0.2, 0) is 52.2 Å². The van der Waals surface area contributed by atoms with Crippen LogP contribution in [0.25, 0.3) is 0 Å². The van der Waals surface area contributed by atoms with Gasteiger partial charge in [-0.25, -0.2) is 0 Å². The number of unbranched alkanes of at least 4 members (excludes halogenated alkanes) is 1. The lowest BCUT2D eigenvalue weighted by Crippen LogP contribution is -2.20. The van der Waals surface area contributed by atoms with E-state index in [4.69, 9.17) is 47.4 Å². The third kappa shape index (κ3) is 32.0. The van der Waals surface area contributed by atoms with E-state index >= 15 is 0 Å². The molecule has 0 aromatic carbocycles. The third-order valence-electron chi connectivity index (χ3n) is 5.86. The van der Waals surface area contributed by atoms with E-state index in [-0.39, 0.29) is 18.5 Å². The van der Waals surface area contributed by atoms with Crippen LogP contribution in [0.5, 0.6) is 0 Å². The van der Waals surface area contributed by atoms with E-state index in [9.17, 15) is 4.79 Å². The van der Waals surface area contributed by atoms with E-state index in [0.29, 0.717) is 119 Å². The van der Waals surface area contributed by atoms with Gasteiger partial charge >= 0.3 is 5.97 Å². The summed E-state index contributed by atoms with van der Waals surface area (Å²) in [6.07, 6.45) is 3.85. The molecule has 0 heterocycles. The SMILES string of the molecule is CCCCC(CC)C(=O)OCCOCCOCCOCCOCCOCCOCCOCCOCCOCCN(C)C. The number of rotatable bonds is 35. The van der Waals surface area contributed by atoms with Crippen molar-refractivity contribution in [1.29, 1.82) is 0 Å². The number of carbonyl (C=O) groups excluding carboxylic acids is 1. The minimum absolute atomic E-state index is 0.000508. The first kappa shape index (κ1) is 41.1. The Kier molecular flexibility index (Phi) is 33.8. The molecule has 0 aliphatic carbocycles. The molecule has 0 fully saturated rings. The Morgan fingerprint density at radius 1 is 0.500 bits per heavy atom. The summed E-state index contributed by atoms with van der Waals surface area (Å²) in [4.78, 5) is 14.1. The van der Waals surface area contributed by atoms with Gasteiger partial charge in [0.1, 0.15) is 6.61 Å². The summed E-state index contributed by atoms with van der Waals surface area (Å²) >= 11 is 0. The van der Waals surface area contributed by atoms with Crippen molar-refractivity contribution in [3.05, 3.63) is 0 Å². The van der Waals surface area contributed by atoms with Crippen molar-refractivity contribution < 1.29 is 52.2 Å². The highest BCUT2D eigenvalue weighted by molar-refractivity contribution is 5.72. The molecule has 12 heteroatoms. The maximum absolute atomic E-state index is 12.0. The first-order chi connectivity index (χ1) is 20.6. The summed E-state index contributed by atoms with van der Waals surface area (Å²) in [5.74, 6) is -0.117. The highest BCUT2D eigenvalue weighted by atomic mass is 16.6. The van der Waals surface area contributed by atoms with Gasteiger partial charge in [0.2, 0.25) is 0 Å². The van der Waals surface area contributed by atoms with E-state index in [1.165, 1.54) is 0 Å². The van der Waals surface area contributed by atoms with Crippen LogP contribution in [0.4, 0.5) is 0 Å². The zero-order valence-electron chi connectivity index (χ0n) is 27.0. The molecule has 1 atom stereocenters. The summed E-state index contributed by atoms with van der Waals surface area (Å²) in [5.41, 5.74) is 0. The Hall–Kier alpha value is -0.930. The van der Waals surface area contributed by atoms with Crippen LogP contribution in [0.2, 0.25) is 0 Å². The monoisotopic (exact) mass is 611 g/mol. The molecule has 1 unspecified atom stereocenters. The number of likely N-dealkylation sites (N-methyl/N-ethyl adjacent to an activating group) is 1. The van der Waals surface area contributed by atoms with Gasteiger partial charge in [0.05, 0.1) is 125 Å². The largest absolute Gasteiger partial charge is 0.463 e. The first-order valence-electron chi connectivity index (χ1n) is 15.6. The van der Waals surface area contributed by atoms with Crippen molar-refractivity contribution >= 4 is 5.97 Å². The molecule has 252 valence electrons. The molecule has 0 N–H and O–H groups in total. The molecule has 0 aliphatic rings. The Morgan fingerprint density at radius 2 is 0.810 bits per heavy atom. The molecular weight excluding hydrogens is 550 g/mol. The quantitative estimate of drug-likeness (QED) is 0.0775. The van der Waals surface area contributed by atoms with E-state index in [0.717, 1.165) is 32.2 Å². The third-order valence-corrected chi connectivity index (χ3v) is 5.86. The summed E-state index contributed by atoms with van der Waals surface area (Å²) in [6.45, 7) is 14.7. The maximum atomic E-state index is 12.0. The topological polar surface area (TPSA) is 113 Å². The fourth-order valence-electron chi connectivity index (χ4n) is 3.37. The van der Waals surface area contributed by atoms with Gasteiger partial charge in [-0.2, -0.15) is 0 Å². The second-order valence-electron chi connectivity index (χ2n) is 9.73. The second-order valence-corrected chi connectivity index (χ2v) is 9.73. The molecule has 0 radical (unpaired) electrons. The molecule has 0 aromatic heterocycles. The lowest BCUT2D eigenvalue weighted by atomic mass is 10.00. The van der Waals surface area contributed by atoms with Gasteiger partial charge < -0.3 is 52.3 Å². The highest BCUT2D eigenvalue weighted by Gasteiger charge is 2.16. The molecule has 42 heavy (non-hydrogen) atoms. The van der Waals surface area contributed by atoms with Gasteiger partial charge in [0.25, 0.3) is 0 Å². The Balaban J connectivity index is 3.15. The molecule has 0 aliphatic heterocycles. The zero-order valence-corrected chi connectivity index (χ0v) is 27.0. The van der Waals surface area contributed by atoms with Crippen molar-refractivity contribution in [2.75, 3.05) is 146 Å². The van der Waals surface area contributed by atoms with Crippen molar-refractivity contribution in [3.8, 4) is 0 Å². The summed E-state index contributed by atoms with van der Waals surface area (Å²) in [5, 5.41) is 0. The van der Waals surface area contributed by atoms with Crippen molar-refractivity contribution in [3.63, 3.8) is 0 Å². The number of nitrogens with zero attached hydrogens (tertiary/aromatic N) is 1. The van der Waals surface area contributed by atoms with Crippen LogP contribution < -0.4 is 0 Å². The van der Waals surface area contributed by atoms with Crippen molar-refractivity contribution in [1.82, 2.24) is 4.90 Å². The van der Waals surface area contributed by atoms with E-state index in [2.05, 4.69) is 11.8 Å². The molecule has 12 nitrogen and oxygen atoms in total. The number of carbonyl (C=O) groups is 1. The average molecular weight is 612 g/mol. The smallest absolute Gasteiger partial charge is 0.308 e. The van der Waals surface area contributed by atoms with Crippen LogP contribution in [-0.4, -0.2) is 157 Å². The molecule has 0 aromatic rings. The number of hydrogen-bond donors (Lipinski definition) is 0. The van der Waals surface area contributed by atoms with Crippen LogP contribution in [0.1, 0.15) is 39.5 Å². The van der Waals surface area contributed by atoms with Gasteiger partial charge in [-0.1, -0.05) is 26.7 Å². The number of esters is 1. The van der Waals surface area contributed by atoms with E-state index < -0.39 is 0 Å². The molecule has 0 spiro atoms. The Morgan fingerprint density at radius 3 is 1.10 bits per heavy atom. The van der Waals surface area contributed by atoms with E-state index in [1.807, 2.05) is 21.0 Å². The second kappa shape index (κ2) is 34.6. The van der Waals surface area contributed by atoms with Crippen LogP contribution >= 0.6 is 0 Å². The lowest BCUT2D eigenvalue weighted by molar-refractivity contribution is -0.150. The molecular formula is C30H61NO11. The summed E-state index contributed by atoms with van der Waals surface area (Å²) in [6, 6.07) is 0. The predicted molar refractivity (Wildman–Crippen MR) is 160 cm³/mol. The van der Waals surface area contributed by atoms with Crippen LogP contribution in [0.3, 0.4) is 0 Å². The van der Waals surface area contributed by atoms with E-state index in [1.54, 1.807) is 0 Å². The number of hydrogen-bond acceptors (Lipinski definition) is 12. The normalized spacial score (nSPS) is 12.3.